The Morgan fingerprint density at radius 2 is 2.33 bits per heavy atom. The number of carbonyl (C=O) groups is 1. The molecule has 6 heteroatoms. The molecular formula is C9H16N2O3S. The van der Waals surface area contributed by atoms with Gasteiger partial charge in [-0.05, 0) is 6.92 Å². The molecule has 0 saturated carbocycles. The molecule has 5 nitrogen and oxygen atoms in total. The fraction of sp³-hybridized carbons (Fsp3) is 0.778. The molecule has 0 aromatic rings. The molecule has 1 saturated heterocycles. The lowest BCUT2D eigenvalue weighted by Crippen LogP contribution is -2.50. The van der Waals surface area contributed by atoms with Crippen LogP contribution in [0.5, 0.6) is 0 Å². The van der Waals surface area contributed by atoms with Gasteiger partial charge < -0.3 is 20.5 Å². The summed E-state index contributed by atoms with van der Waals surface area (Å²) in [7, 11) is 0. The molecule has 1 aliphatic heterocycles. The second-order valence-corrected chi connectivity index (χ2v) is 4.22. The third kappa shape index (κ3) is 3.73. The van der Waals surface area contributed by atoms with Gasteiger partial charge in [0.2, 0.25) is 5.91 Å². The van der Waals surface area contributed by atoms with E-state index in [0.29, 0.717) is 13.1 Å². The Kier molecular flexibility index (Phi) is 4.44. The molecule has 0 aliphatic carbocycles. The predicted octanol–water partition coefficient (Wildman–Crippen LogP) is -0.729. The van der Waals surface area contributed by atoms with E-state index in [1.165, 1.54) is 0 Å². The minimum absolute atomic E-state index is 0.0637. The number of morpholine rings is 1. The van der Waals surface area contributed by atoms with Crippen molar-refractivity contribution in [3.63, 3.8) is 0 Å². The first kappa shape index (κ1) is 12.4. The molecule has 15 heavy (non-hydrogen) atoms. The number of nitrogens with two attached hydrogens (primary N) is 1. The van der Waals surface area contributed by atoms with Crippen molar-refractivity contribution in [3.05, 3.63) is 0 Å². The Labute approximate surface area is 94.2 Å². The van der Waals surface area contributed by atoms with Crippen LogP contribution < -0.4 is 5.73 Å². The third-order valence-corrected chi connectivity index (χ3v) is 2.35. The zero-order valence-electron chi connectivity index (χ0n) is 8.68. The Bertz CT molecular complexity index is 260. The zero-order valence-corrected chi connectivity index (χ0v) is 9.50. The van der Waals surface area contributed by atoms with Gasteiger partial charge in [0.05, 0.1) is 30.2 Å². The highest BCUT2D eigenvalue weighted by atomic mass is 32.1. The first-order valence-electron chi connectivity index (χ1n) is 4.85. The Morgan fingerprint density at radius 3 is 2.87 bits per heavy atom. The summed E-state index contributed by atoms with van der Waals surface area (Å²) in [6.07, 6.45) is -0.282. The van der Waals surface area contributed by atoms with Crippen LogP contribution >= 0.6 is 12.2 Å². The number of carbonyl (C=O) groups excluding carboxylic acids is 1. The van der Waals surface area contributed by atoms with Crippen LogP contribution in [0.1, 0.15) is 13.3 Å². The summed E-state index contributed by atoms with van der Waals surface area (Å²) < 4.78 is 5.41. The van der Waals surface area contributed by atoms with Gasteiger partial charge in [0.25, 0.3) is 0 Å². The minimum atomic E-state index is -0.302. The van der Waals surface area contributed by atoms with E-state index in [4.69, 9.17) is 15.6 Å². The van der Waals surface area contributed by atoms with Crippen LogP contribution in [-0.4, -0.2) is 52.8 Å². The number of nitrogens with zero attached hydrogens (tertiary/aromatic N) is 1. The average molecular weight is 232 g/mol. The molecular weight excluding hydrogens is 216 g/mol. The van der Waals surface area contributed by atoms with E-state index < -0.39 is 0 Å². The van der Waals surface area contributed by atoms with Gasteiger partial charge in [-0.25, -0.2) is 0 Å². The molecule has 1 rings (SSSR count). The van der Waals surface area contributed by atoms with Gasteiger partial charge in [-0.2, -0.15) is 0 Å². The standard InChI is InChI=1S/C9H16N2O3S/c1-6-3-11(4-7(5-12)14-6)9(13)2-8(10)15/h6-7,12H,2-5H2,1H3,(H2,10,15). The van der Waals surface area contributed by atoms with Crippen molar-refractivity contribution < 1.29 is 14.6 Å². The fourth-order valence-electron chi connectivity index (χ4n) is 1.61. The maximum Gasteiger partial charge on any atom is 0.229 e. The molecule has 86 valence electrons. The first-order chi connectivity index (χ1) is 7.02. The van der Waals surface area contributed by atoms with Crippen molar-refractivity contribution in [2.45, 2.75) is 25.6 Å². The number of ether oxygens (including phenoxy) is 1. The molecule has 0 aromatic heterocycles. The number of hydrogen-bond donors (Lipinski definition) is 2. The molecule has 1 heterocycles. The van der Waals surface area contributed by atoms with Gasteiger partial charge >= 0.3 is 0 Å². The number of hydrogen-bond acceptors (Lipinski definition) is 4. The van der Waals surface area contributed by atoms with Crippen molar-refractivity contribution >= 4 is 23.1 Å². The Balaban J connectivity index is 2.53. The lowest BCUT2D eigenvalue weighted by atomic mass is 10.2. The van der Waals surface area contributed by atoms with Gasteiger partial charge in [-0.3, -0.25) is 4.79 Å². The highest BCUT2D eigenvalue weighted by Crippen LogP contribution is 2.11. The quantitative estimate of drug-likeness (QED) is 0.628. The first-order valence-corrected chi connectivity index (χ1v) is 5.26. The second-order valence-electron chi connectivity index (χ2n) is 3.69. The van der Waals surface area contributed by atoms with Gasteiger partial charge in [-0.1, -0.05) is 12.2 Å². The zero-order chi connectivity index (χ0) is 11.4. The largest absolute Gasteiger partial charge is 0.394 e. The highest BCUT2D eigenvalue weighted by molar-refractivity contribution is 7.80. The van der Waals surface area contributed by atoms with E-state index >= 15 is 0 Å². The fourth-order valence-corrected chi connectivity index (χ4v) is 1.73. The molecule has 2 atom stereocenters. The van der Waals surface area contributed by atoms with Crippen molar-refractivity contribution in [1.29, 1.82) is 0 Å². The number of aliphatic hydroxyl groups excluding tert-OH is 1. The summed E-state index contributed by atoms with van der Waals surface area (Å²) in [5, 5.41) is 8.98. The van der Waals surface area contributed by atoms with Crippen LogP contribution in [0.4, 0.5) is 0 Å². The normalized spacial score (nSPS) is 26.4. The van der Waals surface area contributed by atoms with Crippen LogP contribution in [-0.2, 0) is 9.53 Å². The molecule has 1 amide bonds. The van der Waals surface area contributed by atoms with E-state index in [0.717, 1.165) is 0 Å². The van der Waals surface area contributed by atoms with Crippen molar-refractivity contribution in [1.82, 2.24) is 4.90 Å². The topological polar surface area (TPSA) is 75.8 Å². The molecule has 0 radical (unpaired) electrons. The maximum absolute atomic E-state index is 11.6. The van der Waals surface area contributed by atoms with E-state index in [2.05, 4.69) is 12.2 Å². The lowest BCUT2D eigenvalue weighted by Gasteiger charge is -2.36. The number of amides is 1. The van der Waals surface area contributed by atoms with Crippen molar-refractivity contribution in [3.8, 4) is 0 Å². The van der Waals surface area contributed by atoms with Crippen molar-refractivity contribution in [2.24, 2.45) is 5.73 Å². The minimum Gasteiger partial charge on any atom is -0.394 e. The van der Waals surface area contributed by atoms with Gasteiger partial charge in [0.1, 0.15) is 0 Å². The number of rotatable bonds is 3. The van der Waals surface area contributed by atoms with E-state index in [-0.39, 0.29) is 36.1 Å². The molecule has 3 N–H and O–H groups in total. The smallest absolute Gasteiger partial charge is 0.229 e. The lowest BCUT2D eigenvalue weighted by molar-refractivity contribution is -0.145. The highest BCUT2D eigenvalue weighted by Gasteiger charge is 2.27. The van der Waals surface area contributed by atoms with E-state index in [9.17, 15) is 4.79 Å². The summed E-state index contributed by atoms with van der Waals surface area (Å²) in [4.78, 5) is 13.5. The van der Waals surface area contributed by atoms with E-state index in [1.54, 1.807) is 4.90 Å². The Hall–Kier alpha value is -0.720. The predicted molar refractivity (Wildman–Crippen MR) is 59.4 cm³/mol. The van der Waals surface area contributed by atoms with Crippen LogP contribution in [0.2, 0.25) is 0 Å². The summed E-state index contributed by atoms with van der Waals surface area (Å²) in [6, 6.07) is 0. The molecule has 0 aromatic carbocycles. The third-order valence-electron chi connectivity index (χ3n) is 2.21. The SMILES string of the molecule is CC1CN(C(=O)CC(N)=S)CC(CO)O1. The van der Waals surface area contributed by atoms with Gasteiger partial charge in [0.15, 0.2) is 0 Å². The van der Waals surface area contributed by atoms with Crippen LogP contribution in [0.25, 0.3) is 0 Å². The van der Waals surface area contributed by atoms with Crippen LogP contribution in [0.15, 0.2) is 0 Å². The molecule has 1 fully saturated rings. The molecule has 0 spiro atoms. The number of thiocarbonyl (C=S) groups is 1. The number of aliphatic hydroxyl groups is 1. The van der Waals surface area contributed by atoms with Crippen molar-refractivity contribution in [2.75, 3.05) is 19.7 Å². The van der Waals surface area contributed by atoms with Crippen LogP contribution in [0.3, 0.4) is 0 Å². The molecule has 1 aliphatic rings. The Morgan fingerprint density at radius 1 is 1.67 bits per heavy atom. The summed E-state index contributed by atoms with van der Waals surface area (Å²) in [6.45, 7) is 2.71. The monoisotopic (exact) mass is 232 g/mol. The summed E-state index contributed by atoms with van der Waals surface area (Å²) in [5.74, 6) is -0.101. The second kappa shape index (κ2) is 5.39. The summed E-state index contributed by atoms with van der Waals surface area (Å²) >= 11 is 4.68. The summed E-state index contributed by atoms with van der Waals surface area (Å²) in [5.41, 5.74) is 5.31. The molecule has 2 unspecified atom stereocenters. The van der Waals surface area contributed by atoms with Crippen LogP contribution in [0, 0.1) is 0 Å². The van der Waals surface area contributed by atoms with Gasteiger partial charge in [-0.15, -0.1) is 0 Å². The van der Waals surface area contributed by atoms with Gasteiger partial charge in [0, 0.05) is 13.1 Å². The van der Waals surface area contributed by atoms with E-state index in [1.807, 2.05) is 6.92 Å². The molecule has 0 bridgehead atoms. The maximum atomic E-state index is 11.6. The average Bonchev–Trinajstić information content (AvgIpc) is 2.15.